The number of aryl methyl sites for hydroxylation is 1. The number of rotatable bonds is 5. The summed E-state index contributed by atoms with van der Waals surface area (Å²) in [6.45, 7) is 3.60. The fraction of sp³-hybridized carbons (Fsp3) is 0.158. The number of esters is 1. The van der Waals surface area contributed by atoms with Gasteiger partial charge in [0, 0.05) is 5.02 Å². The second kappa shape index (κ2) is 8.00. The second-order valence-corrected chi connectivity index (χ2v) is 6.94. The number of benzene rings is 2. The van der Waals surface area contributed by atoms with Gasteiger partial charge in [-0.15, -0.1) is 0 Å². The molecular weight excluding hydrogens is 405 g/mol. The minimum absolute atomic E-state index is 0.0139. The Kier molecular flexibility index (Phi) is 5.67. The Morgan fingerprint density at radius 3 is 2.43 bits per heavy atom. The van der Waals surface area contributed by atoms with Crippen molar-refractivity contribution in [3.63, 3.8) is 0 Å². The van der Waals surface area contributed by atoms with Crippen molar-refractivity contribution >= 4 is 34.9 Å². The molecule has 0 saturated carbocycles. The molecule has 1 heterocycles. The lowest BCUT2D eigenvalue weighted by molar-refractivity contribution is -0.386. The van der Waals surface area contributed by atoms with Crippen molar-refractivity contribution in [2.24, 2.45) is 0 Å². The lowest BCUT2D eigenvalue weighted by Gasteiger charge is -2.08. The van der Waals surface area contributed by atoms with Gasteiger partial charge < -0.3 is 4.74 Å². The van der Waals surface area contributed by atoms with Gasteiger partial charge in [-0.25, -0.2) is 4.79 Å². The monoisotopic (exact) mass is 419 g/mol. The molecule has 3 rings (SSSR count). The molecular formula is C19H15Cl2N3O4. The van der Waals surface area contributed by atoms with Crippen LogP contribution in [0.15, 0.2) is 42.5 Å². The van der Waals surface area contributed by atoms with Crippen LogP contribution < -0.4 is 4.74 Å². The van der Waals surface area contributed by atoms with Gasteiger partial charge in [0.05, 0.1) is 22.1 Å². The Bertz CT molecular complexity index is 1060. The summed E-state index contributed by atoms with van der Waals surface area (Å²) in [5, 5.41) is 16.0. The van der Waals surface area contributed by atoms with Gasteiger partial charge in [0.1, 0.15) is 17.1 Å². The zero-order valence-corrected chi connectivity index (χ0v) is 16.5. The molecule has 28 heavy (non-hydrogen) atoms. The molecule has 3 aromatic rings. The van der Waals surface area contributed by atoms with Crippen LogP contribution in [0.4, 0.5) is 5.69 Å². The smallest absolute Gasteiger partial charge is 0.343 e. The number of nitrogens with zero attached hydrogens (tertiary/aromatic N) is 3. The molecule has 0 radical (unpaired) electrons. The highest BCUT2D eigenvalue weighted by molar-refractivity contribution is 6.35. The number of carbonyl (C=O) groups is 1. The van der Waals surface area contributed by atoms with Crippen LogP contribution >= 0.6 is 23.2 Å². The van der Waals surface area contributed by atoms with Crippen molar-refractivity contribution in [2.45, 2.75) is 20.4 Å². The van der Waals surface area contributed by atoms with Crippen molar-refractivity contribution < 1.29 is 14.5 Å². The van der Waals surface area contributed by atoms with Crippen molar-refractivity contribution in [3.05, 3.63) is 85.1 Å². The summed E-state index contributed by atoms with van der Waals surface area (Å²) in [6.07, 6.45) is 0. The highest BCUT2D eigenvalue weighted by atomic mass is 35.5. The lowest BCUT2D eigenvalue weighted by atomic mass is 10.1. The minimum Gasteiger partial charge on any atom is -0.421 e. The maximum absolute atomic E-state index is 12.3. The van der Waals surface area contributed by atoms with Crippen LogP contribution in [-0.2, 0) is 6.54 Å². The van der Waals surface area contributed by atoms with E-state index < -0.39 is 10.9 Å². The third kappa shape index (κ3) is 4.16. The van der Waals surface area contributed by atoms with E-state index in [0.29, 0.717) is 28.5 Å². The quantitative estimate of drug-likeness (QED) is 0.251. The summed E-state index contributed by atoms with van der Waals surface area (Å²) < 4.78 is 6.85. The predicted octanol–water partition coefficient (Wildman–Crippen LogP) is 4.98. The van der Waals surface area contributed by atoms with Crippen molar-refractivity contribution in [3.8, 4) is 5.75 Å². The van der Waals surface area contributed by atoms with Gasteiger partial charge in [-0.1, -0.05) is 35.3 Å². The van der Waals surface area contributed by atoms with E-state index in [1.165, 1.54) is 12.1 Å². The lowest BCUT2D eigenvalue weighted by Crippen LogP contribution is -2.09. The molecule has 0 bridgehead atoms. The van der Waals surface area contributed by atoms with Crippen molar-refractivity contribution in [1.29, 1.82) is 0 Å². The molecule has 2 aromatic carbocycles. The average Bonchev–Trinajstić information content (AvgIpc) is 2.91. The molecule has 0 fully saturated rings. The van der Waals surface area contributed by atoms with Gasteiger partial charge in [0.2, 0.25) is 0 Å². The van der Waals surface area contributed by atoms with E-state index in [4.69, 9.17) is 27.9 Å². The molecule has 0 aliphatic heterocycles. The zero-order valence-electron chi connectivity index (χ0n) is 15.0. The second-order valence-electron chi connectivity index (χ2n) is 6.10. The van der Waals surface area contributed by atoms with Crippen LogP contribution in [0.5, 0.6) is 5.75 Å². The van der Waals surface area contributed by atoms with Crippen LogP contribution in [0, 0.1) is 24.0 Å². The largest absolute Gasteiger partial charge is 0.421 e. The van der Waals surface area contributed by atoms with Crippen LogP contribution in [0.3, 0.4) is 0 Å². The van der Waals surface area contributed by atoms with Crippen LogP contribution in [0.2, 0.25) is 10.0 Å². The van der Waals surface area contributed by atoms with E-state index in [2.05, 4.69) is 5.10 Å². The predicted molar refractivity (Wildman–Crippen MR) is 105 cm³/mol. The fourth-order valence-corrected chi connectivity index (χ4v) is 3.19. The maximum atomic E-state index is 12.3. The molecule has 0 amide bonds. The normalized spacial score (nSPS) is 10.7. The van der Waals surface area contributed by atoms with E-state index in [1.54, 1.807) is 48.9 Å². The first-order valence-corrected chi connectivity index (χ1v) is 8.96. The Hall–Kier alpha value is -2.90. The van der Waals surface area contributed by atoms with E-state index in [9.17, 15) is 14.9 Å². The maximum Gasteiger partial charge on any atom is 0.343 e. The van der Waals surface area contributed by atoms with E-state index in [1.807, 2.05) is 0 Å². The van der Waals surface area contributed by atoms with E-state index in [-0.39, 0.29) is 16.5 Å². The number of aromatic nitrogens is 2. The summed E-state index contributed by atoms with van der Waals surface area (Å²) in [4.78, 5) is 23.0. The SMILES string of the molecule is Cc1nn(Cc2ccc(C(=O)Oc3ccc(Cl)cc3Cl)cc2)c(C)c1[N+](=O)[O-]. The number of ether oxygens (including phenoxy) is 1. The summed E-state index contributed by atoms with van der Waals surface area (Å²) >= 11 is 11.8. The molecule has 1 aromatic heterocycles. The molecule has 0 unspecified atom stereocenters. The van der Waals surface area contributed by atoms with Crippen molar-refractivity contribution in [1.82, 2.24) is 9.78 Å². The fourth-order valence-electron chi connectivity index (χ4n) is 2.74. The number of hydrogen-bond donors (Lipinski definition) is 0. The van der Waals surface area contributed by atoms with Gasteiger partial charge in [0.25, 0.3) is 0 Å². The van der Waals surface area contributed by atoms with Gasteiger partial charge in [-0.3, -0.25) is 14.8 Å². The van der Waals surface area contributed by atoms with Crippen LogP contribution in [-0.4, -0.2) is 20.7 Å². The van der Waals surface area contributed by atoms with Gasteiger partial charge in [0.15, 0.2) is 0 Å². The number of carbonyl (C=O) groups excluding carboxylic acids is 1. The van der Waals surface area contributed by atoms with E-state index >= 15 is 0 Å². The number of halogens is 2. The zero-order chi connectivity index (χ0) is 20.4. The molecule has 0 aliphatic carbocycles. The molecule has 9 heteroatoms. The summed E-state index contributed by atoms with van der Waals surface area (Å²) in [5.74, 6) is -0.340. The topological polar surface area (TPSA) is 87.3 Å². The summed E-state index contributed by atoms with van der Waals surface area (Å²) in [6, 6.07) is 11.3. The molecule has 144 valence electrons. The molecule has 0 aliphatic rings. The number of hydrogen-bond acceptors (Lipinski definition) is 5. The highest BCUT2D eigenvalue weighted by Gasteiger charge is 2.21. The van der Waals surface area contributed by atoms with Crippen molar-refractivity contribution in [2.75, 3.05) is 0 Å². The highest BCUT2D eigenvalue weighted by Crippen LogP contribution is 2.28. The van der Waals surface area contributed by atoms with Gasteiger partial charge >= 0.3 is 11.7 Å². The summed E-state index contributed by atoms with van der Waals surface area (Å²) in [7, 11) is 0. The standard InChI is InChI=1S/C19H15Cl2N3O4/c1-11-18(24(26)27)12(2)23(22-11)10-13-3-5-14(6-4-13)19(25)28-17-8-7-15(20)9-16(17)21/h3-9H,10H2,1-2H3. The molecule has 0 spiro atoms. The first kappa shape index (κ1) is 19.9. The molecule has 0 saturated heterocycles. The molecule has 0 atom stereocenters. The number of nitro groups is 1. The van der Waals surface area contributed by atoms with Crippen LogP contribution in [0.25, 0.3) is 0 Å². The van der Waals surface area contributed by atoms with E-state index in [0.717, 1.165) is 5.56 Å². The molecule has 7 nitrogen and oxygen atoms in total. The average molecular weight is 420 g/mol. The van der Waals surface area contributed by atoms with Gasteiger partial charge in [-0.2, -0.15) is 5.10 Å². The Morgan fingerprint density at radius 2 is 1.86 bits per heavy atom. The Balaban J connectivity index is 1.74. The van der Waals surface area contributed by atoms with Crippen LogP contribution in [0.1, 0.15) is 27.3 Å². The first-order chi connectivity index (χ1) is 13.3. The Morgan fingerprint density at radius 1 is 1.18 bits per heavy atom. The van der Waals surface area contributed by atoms with Gasteiger partial charge in [-0.05, 0) is 49.7 Å². The summed E-state index contributed by atoms with van der Waals surface area (Å²) in [5.41, 5.74) is 2.03. The third-order valence-corrected chi connectivity index (χ3v) is 4.67. The Labute approximate surface area is 170 Å². The third-order valence-electron chi connectivity index (χ3n) is 4.14. The first-order valence-electron chi connectivity index (χ1n) is 8.21. The molecule has 0 N–H and O–H groups in total. The minimum atomic E-state index is -0.558.